The van der Waals surface area contributed by atoms with E-state index in [1.807, 2.05) is 48.5 Å². The molecule has 5 nitrogen and oxygen atoms in total. The van der Waals surface area contributed by atoms with E-state index in [2.05, 4.69) is 10.2 Å². The molecule has 6 rings (SSSR count). The van der Waals surface area contributed by atoms with Crippen molar-refractivity contribution in [3.8, 4) is 17.1 Å². The molecule has 0 amide bonds. The van der Waals surface area contributed by atoms with Crippen LogP contribution in [0.25, 0.3) is 32.9 Å². The second-order valence-corrected chi connectivity index (χ2v) is 7.77. The van der Waals surface area contributed by atoms with E-state index in [9.17, 15) is 9.90 Å². The Labute approximate surface area is 181 Å². The van der Waals surface area contributed by atoms with Crippen molar-refractivity contribution in [3.05, 3.63) is 88.9 Å². The Morgan fingerprint density at radius 2 is 1.55 bits per heavy atom. The second kappa shape index (κ2) is 6.52. The summed E-state index contributed by atoms with van der Waals surface area (Å²) in [5.41, 5.74) is 4.11. The van der Waals surface area contributed by atoms with Crippen LogP contribution in [0, 0.1) is 0 Å². The van der Waals surface area contributed by atoms with Crippen LogP contribution in [0.3, 0.4) is 0 Å². The molecule has 148 valence electrons. The summed E-state index contributed by atoms with van der Waals surface area (Å²) in [5, 5.41) is 22.0. The van der Waals surface area contributed by atoms with Gasteiger partial charge in [0.25, 0.3) is 0 Å². The molecule has 0 radical (unpaired) electrons. The zero-order valence-electron chi connectivity index (χ0n) is 16.0. The number of ketones is 1. The number of benzene rings is 4. The van der Waals surface area contributed by atoms with Crippen molar-refractivity contribution in [2.24, 2.45) is 10.2 Å². The van der Waals surface area contributed by atoms with Crippen molar-refractivity contribution in [1.82, 2.24) is 0 Å². The smallest absolute Gasteiger partial charge is 0.312 e. The summed E-state index contributed by atoms with van der Waals surface area (Å²) in [6.45, 7) is 0. The van der Waals surface area contributed by atoms with Gasteiger partial charge in [0.05, 0.1) is 11.1 Å². The Bertz CT molecular complexity index is 1570. The summed E-state index contributed by atoms with van der Waals surface area (Å²) in [6, 6.07) is 21.8. The number of halogens is 1. The highest BCUT2D eigenvalue weighted by Crippen LogP contribution is 2.50. The lowest BCUT2D eigenvalue weighted by molar-refractivity contribution is 0.104. The molecule has 0 spiro atoms. The molecule has 1 aliphatic rings. The number of fused-ring (bicyclic) bond motifs is 4. The Balaban J connectivity index is 1.71. The van der Waals surface area contributed by atoms with Crippen LogP contribution in [-0.4, -0.2) is 10.9 Å². The quantitative estimate of drug-likeness (QED) is 0.291. The maximum absolute atomic E-state index is 13.1. The van der Waals surface area contributed by atoms with E-state index >= 15 is 0 Å². The van der Waals surface area contributed by atoms with Gasteiger partial charge in [0.2, 0.25) is 0 Å². The van der Waals surface area contributed by atoms with E-state index in [1.165, 1.54) is 0 Å². The van der Waals surface area contributed by atoms with Crippen LogP contribution in [0.2, 0.25) is 5.02 Å². The van der Waals surface area contributed by atoms with Gasteiger partial charge in [0.1, 0.15) is 5.58 Å². The van der Waals surface area contributed by atoms with Crippen molar-refractivity contribution < 1.29 is 14.3 Å². The summed E-state index contributed by atoms with van der Waals surface area (Å²) >= 11 is 5.94. The van der Waals surface area contributed by atoms with Gasteiger partial charge in [0, 0.05) is 27.1 Å². The Hall–Kier alpha value is -3.96. The van der Waals surface area contributed by atoms with Gasteiger partial charge >= 0.3 is 5.95 Å². The normalized spacial score (nSPS) is 12.7. The molecule has 1 heterocycles. The molecule has 4 aromatic carbocycles. The van der Waals surface area contributed by atoms with Crippen molar-refractivity contribution in [3.63, 3.8) is 0 Å². The van der Waals surface area contributed by atoms with Crippen LogP contribution in [0.1, 0.15) is 15.9 Å². The minimum absolute atomic E-state index is 0.0230. The molecule has 6 heteroatoms. The number of azo groups is 1. The number of aromatic hydroxyl groups is 1. The Morgan fingerprint density at radius 3 is 2.35 bits per heavy atom. The van der Waals surface area contributed by atoms with Crippen LogP contribution in [0.5, 0.6) is 5.95 Å². The highest BCUT2D eigenvalue weighted by atomic mass is 35.5. The molecule has 0 bridgehead atoms. The van der Waals surface area contributed by atoms with E-state index in [0.717, 1.165) is 21.9 Å². The summed E-state index contributed by atoms with van der Waals surface area (Å²) in [7, 11) is 0. The molecule has 0 saturated heterocycles. The van der Waals surface area contributed by atoms with Gasteiger partial charge in [0.15, 0.2) is 11.5 Å². The molecule has 5 aromatic rings. The van der Waals surface area contributed by atoms with Gasteiger partial charge in [-0.05, 0) is 41.3 Å². The fourth-order valence-corrected chi connectivity index (χ4v) is 4.34. The third-order valence-corrected chi connectivity index (χ3v) is 5.81. The van der Waals surface area contributed by atoms with E-state index in [0.29, 0.717) is 32.8 Å². The molecule has 0 aliphatic heterocycles. The summed E-state index contributed by atoms with van der Waals surface area (Å²) in [4.78, 5) is 13.1. The lowest BCUT2D eigenvalue weighted by Crippen LogP contribution is -2.09. The second-order valence-electron chi connectivity index (χ2n) is 7.34. The SMILES string of the molecule is O=C1c2ccccc2-c2c3c1cccc3cc1oc(O)c(N=Nc3ccc(Cl)cc3)c21. The fourth-order valence-electron chi connectivity index (χ4n) is 4.22. The van der Waals surface area contributed by atoms with E-state index in [4.69, 9.17) is 16.0 Å². The van der Waals surface area contributed by atoms with Gasteiger partial charge < -0.3 is 9.52 Å². The lowest BCUT2D eigenvalue weighted by atomic mass is 9.81. The van der Waals surface area contributed by atoms with Crippen molar-refractivity contribution in [1.29, 1.82) is 0 Å². The Morgan fingerprint density at radius 1 is 0.806 bits per heavy atom. The third kappa shape index (κ3) is 2.60. The number of carbonyl (C=O) groups excluding carboxylic acids is 1. The minimum atomic E-state index is -0.324. The van der Waals surface area contributed by atoms with Crippen LogP contribution < -0.4 is 0 Å². The number of nitrogens with zero attached hydrogens (tertiary/aromatic N) is 2. The minimum Gasteiger partial charge on any atom is -0.479 e. The zero-order chi connectivity index (χ0) is 21.1. The summed E-state index contributed by atoms with van der Waals surface area (Å²) in [6.07, 6.45) is 0. The van der Waals surface area contributed by atoms with Crippen LogP contribution in [0.15, 0.2) is 87.4 Å². The first-order chi connectivity index (χ1) is 15.1. The predicted molar refractivity (Wildman–Crippen MR) is 120 cm³/mol. The maximum atomic E-state index is 13.1. The topological polar surface area (TPSA) is 75.2 Å². The van der Waals surface area contributed by atoms with Gasteiger partial charge in [-0.25, -0.2) is 0 Å². The lowest BCUT2D eigenvalue weighted by Gasteiger charge is -2.20. The predicted octanol–water partition coefficient (Wildman–Crippen LogP) is 7.57. The van der Waals surface area contributed by atoms with Gasteiger partial charge in [-0.3, -0.25) is 4.79 Å². The Kier molecular flexibility index (Phi) is 3.76. The largest absolute Gasteiger partial charge is 0.479 e. The summed E-state index contributed by atoms with van der Waals surface area (Å²) in [5.74, 6) is -0.347. The van der Waals surface area contributed by atoms with E-state index in [-0.39, 0.29) is 17.4 Å². The van der Waals surface area contributed by atoms with Crippen LogP contribution in [0.4, 0.5) is 11.4 Å². The highest BCUT2D eigenvalue weighted by Gasteiger charge is 2.29. The van der Waals surface area contributed by atoms with E-state index in [1.54, 1.807) is 24.3 Å². The van der Waals surface area contributed by atoms with Gasteiger partial charge in [-0.2, -0.15) is 5.11 Å². The van der Waals surface area contributed by atoms with Crippen molar-refractivity contribution >= 4 is 50.5 Å². The zero-order valence-corrected chi connectivity index (χ0v) is 16.7. The van der Waals surface area contributed by atoms with E-state index < -0.39 is 0 Å². The average Bonchev–Trinajstić information content (AvgIpc) is 3.10. The number of rotatable bonds is 2. The molecule has 0 atom stereocenters. The molecule has 0 saturated carbocycles. The molecular weight excluding hydrogens is 412 g/mol. The van der Waals surface area contributed by atoms with Gasteiger partial charge in [-0.15, -0.1) is 5.11 Å². The summed E-state index contributed by atoms with van der Waals surface area (Å²) < 4.78 is 5.66. The standard InChI is InChI=1S/C25H13ClN2O3/c26-14-8-10-15(11-9-14)27-28-23-22-19(31-25(23)30)12-13-4-3-7-18-20(13)21(22)16-5-1-2-6-17(16)24(18)29/h1-12,30H. The highest BCUT2D eigenvalue weighted by molar-refractivity contribution is 6.31. The molecule has 0 fully saturated rings. The monoisotopic (exact) mass is 424 g/mol. The molecule has 1 aliphatic carbocycles. The first-order valence-electron chi connectivity index (χ1n) is 9.64. The molecule has 0 unspecified atom stereocenters. The number of furan rings is 1. The van der Waals surface area contributed by atoms with Crippen molar-refractivity contribution in [2.75, 3.05) is 0 Å². The maximum Gasteiger partial charge on any atom is 0.312 e. The molecule has 1 N–H and O–H groups in total. The molecule has 1 aromatic heterocycles. The number of hydrogen-bond acceptors (Lipinski definition) is 5. The van der Waals surface area contributed by atoms with Gasteiger partial charge in [-0.1, -0.05) is 54.1 Å². The van der Waals surface area contributed by atoms with Crippen molar-refractivity contribution in [2.45, 2.75) is 0 Å². The number of hydrogen-bond donors (Lipinski definition) is 1. The molecular formula is C25H13ClN2O3. The fraction of sp³-hybridized carbons (Fsp3) is 0. The first kappa shape index (κ1) is 17.9. The van der Waals surface area contributed by atoms with Crippen LogP contribution >= 0.6 is 11.6 Å². The molecule has 31 heavy (non-hydrogen) atoms. The van der Waals surface area contributed by atoms with Crippen LogP contribution in [-0.2, 0) is 0 Å². The number of carbonyl (C=O) groups is 1. The first-order valence-corrected chi connectivity index (χ1v) is 10.0. The third-order valence-electron chi connectivity index (χ3n) is 5.55. The average molecular weight is 425 g/mol.